The van der Waals surface area contributed by atoms with Gasteiger partial charge in [-0.3, -0.25) is 4.90 Å². The predicted molar refractivity (Wildman–Crippen MR) is 90.3 cm³/mol. The molecule has 2 fully saturated rings. The van der Waals surface area contributed by atoms with Crippen molar-refractivity contribution in [3.63, 3.8) is 0 Å². The van der Waals surface area contributed by atoms with E-state index in [4.69, 9.17) is 4.74 Å². The van der Waals surface area contributed by atoms with Crippen LogP contribution in [0, 0.1) is 11.3 Å². The Morgan fingerprint density at radius 3 is 2.46 bits per heavy atom. The Morgan fingerprint density at radius 2 is 1.83 bits per heavy atom. The van der Waals surface area contributed by atoms with Crippen LogP contribution in [0.5, 0.6) is 0 Å². The zero-order valence-corrected chi connectivity index (χ0v) is 13.9. The van der Waals surface area contributed by atoms with E-state index >= 15 is 0 Å². The van der Waals surface area contributed by atoms with Gasteiger partial charge < -0.3 is 14.5 Å². The van der Waals surface area contributed by atoms with Crippen LogP contribution in [0.25, 0.3) is 0 Å². The van der Waals surface area contributed by atoms with Gasteiger partial charge in [0.15, 0.2) is 0 Å². The van der Waals surface area contributed by atoms with Crippen molar-refractivity contribution in [1.29, 1.82) is 5.26 Å². The van der Waals surface area contributed by atoms with Crippen LogP contribution in [0.3, 0.4) is 0 Å². The minimum absolute atomic E-state index is 0.160. The number of hydrogen-bond acceptors (Lipinski definition) is 5. The molecule has 1 aromatic rings. The van der Waals surface area contributed by atoms with Crippen LogP contribution in [-0.2, 0) is 4.74 Å². The van der Waals surface area contributed by atoms with Gasteiger partial charge in [-0.05, 0) is 18.5 Å². The molecule has 3 rings (SSSR count). The average Bonchev–Trinajstić information content (AvgIpc) is 3.03. The minimum atomic E-state index is -0.181. The van der Waals surface area contributed by atoms with Gasteiger partial charge in [-0.2, -0.15) is 5.26 Å². The van der Waals surface area contributed by atoms with Crippen molar-refractivity contribution in [1.82, 2.24) is 14.7 Å². The molecule has 0 saturated carbocycles. The van der Waals surface area contributed by atoms with E-state index in [1.54, 1.807) is 4.90 Å². The van der Waals surface area contributed by atoms with Gasteiger partial charge >= 0.3 is 6.09 Å². The number of cyclic esters (lactones) is 1. The van der Waals surface area contributed by atoms with Gasteiger partial charge in [0.05, 0.1) is 12.6 Å². The van der Waals surface area contributed by atoms with E-state index in [0.717, 1.165) is 51.3 Å². The lowest BCUT2D eigenvalue weighted by Gasteiger charge is -2.37. The first kappa shape index (κ1) is 16.7. The van der Waals surface area contributed by atoms with Crippen LogP contribution in [0.2, 0.25) is 0 Å². The zero-order valence-electron chi connectivity index (χ0n) is 13.9. The Hall–Kier alpha value is -2.10. The number of nitriles is 1. The van der Waals surface area contributed by atoms with Crippen molar-refractivity contribution in [2.75, 3.05) is 52.4 Å². The monoisotopic (exact) mass is 328 g/mol. The Kier molecular flexibility index (Phi) is 5.68. The summed E-state index contributed by atoms with van der Waals surface area (Å²) in [6.07, 6.45) is 0.787. The molecule has 0 aromatic heterocycles. The third kappa shape index (κ3) is 4.05. The summed E-state index contributed by atoms with van der Waals surface area (Å²) in [5.74, 6) is 0. The Labute approximate surface area is 143 Å². The summed E-state index contributed by atoms with van der Waals surface area (Å²) >= 11 is 0. The fraction of sp³-hybridized carbons (Fsp3) is 0.556. The Morgan fingerprint density at radius 1 is 1.08 bits per heavy atom. The molecule has 0 N–H and O–H groups in total. The molecule has 24 heavy (non-hydrogen) atoms. The zero-order chi connectivity index (χ0) is 16.8. The van der Waals surface area contributed by atoms with Crippen LogP contribution in [0.1, 0.15) is 18.0 Å². The number of nitrogens with zero attached hydrogens (tertiary/aromatic N) is 4. The summed E-state index contributed by atoms with van der Waals surface area (Å²) in [5, 5.41) is 9.53. The summed E-state index contributed by atoms with van der Waals surface area (Å²) in [6.45, 7) is 6.73. The molecule has 6 nitrogen and oxygen atoms in total. The Bertz CT molecular complexity index is 578. The highest BCUT2D eigenvalue weighted by Gasteiger charge is 2.25. The second kappa shape index (κ2) is 8.13. The van der Waals surface area contributed by atoms with Crippen LogP contribution in [-0.4, -0.2) is 73.2 Å². The summed E-state index contributed by atoms with van der Waals surface area (Å²) in [7, 11) is 0. The van der Waals surface area contributed by atoms with Crippen molar-refractivity contribution < 1.29 is 9.53 Å². The van der Waals surface area contributed by atoms with Crippen LogP contribution in [0.15, 0.2) is 30.3 Å². The number of amides is 1. The highest BCUT2D eigenvalue weighted by atomic mass is 16.6. The summed E-state index contributed by atoms with van der Waals surface area (Å²) in [5.41, 5.74) is 1.07. The topological polar surface area (TPSA) is 59.8 Å². The van der Waals surface area contributed by atoms with E-state index in [-0.39, 0.29) is 12.1 Å². The van der Waals surface area contributed by atoms with Gasteiger partial charge in [0.25, 0.3) is 0 Å². The molecule has 1 atom stereocenters. The Balaban J connectivity index is 1.42. The fourth-order valence-corrected chi connectivity index (χ4v) is 3.36. The standard InChI is InChI=1S/C18H24N4O2/c19-15-17(16-5-2-1-3-6-16)21-11-9-20(10-12-21)7-4-8-22-13-14-24-18(22)23/h1-3,5-6,17H,4,7-14H2. The second-order valence-corrected chi connectivity index (χ2v) is 6.27. The van der Waals surface area contributed by atoms with Crippen LogP contribution < -0.4 is 0 Å². The normalized spacial score (nSPS) is 20.6. The molecular formula is C18H24N4O2. The maximum Gasteiger partial charge on any atom is 0.409 e. The third-order valence-corrected chi connectivity index (χ3v) is 4.76. The SMILES string of the molecule is N#CC(c1ccccc1)N1CCN(CCCN2CCOC2=O)CC1. The number of rotatable bonds is 6. The molecule has 0 spiro atoms. The smallest absolute Gasteiger partial charge is 0.409 e. The highest BCUT2D eigenvalue weighted by Crippen LogP contribution is 2.21. The van der Waals surface area contributed by atoms with Crippen molar-refractivity contribution in [3.8, 4) is 6.07 Å². The van der Waals surface area contributed by atoms with Gasteiger partial charge in [0.1, 0.15) is 12.6 Å². The van der Waals surface area contributed by atoms with Gasteiger partial charge in [0, 0.05) is 32.7 Å². The van der Waals surface area contributed by atoms with Crippen molar-refractivity contribution in [2.24, 2.45) is 0 Å². The quantitative estimate of drug-likeness (QED) is 0.796. The van der Waals surface area contributed by atoms with E-state index in [1.165, 1.54) is 0 Å². The number of piperazine rings is 1. The molecule has 6 heteroatoms. The lowest BCUT2D eigenvalue weighted by Crippen LogP contribution is -2.47. The van der Waals surface area contributed by atoms with Crippen molar-refractivity contribution in [3.05, 3.63) is 35.9 Å². The first-order chi connectivity index (χ1) is 11.8. The molecule has 1 aromatic carbocycles. The number of ether oxygens (including phenoxy) is 1. The molecule has 2 aliphatic rings. The molecule has 1 unspecified atom stereocenters. The molecule has 2 aliphatic heterocycles. The van der Waals surface area contributed by atoms with Crippen LogP contribution >= 0.6 is 0 Å². The number of carbonyl (C=O) groups excluding carboxylic acids is 1. The minimum Gasteiger partial charge on any atom is -0.448 e. The average molecular weight is 328 g/mol. The van der Waals surface area contributed by atoms with Gasteiger partial charge in [-0.25, -0.2) is 4.79 Å². The predicted octanol–water partition coefficient (Wildman–Crippen LogP) is 1.71. The van der Waals surface area contributed by atoms with Gasteiger partial charge in [0.2, 0.25) is 0 Å². The lowest BCUT2D eigenvalue weighted by atomic mass is 10.1. The van der Waals surface area contributed by atoms with Crippen LogP contribution in [0.4, 0.5) is 4.79 Å². The summed E-state index contributed by atoms with van der Waals surface area (Å²) < 4.78 is 4.94. The van der Waals surface area contributed by atoms with E-state index in [9.17, 15) is 10.1 Å². The number of hydrogen-bond donors (Lipinski definition) is 0. The van der Waals surface area contributed by atoms with Gasteiger partial charge in [-0.15, -0.1) is 0 Å². The molecule has 0 aliphatic carbocycles. The third-order valence-electron chi connectivity index (χ3n) is 4.76. The van der Waals surface area contributed by atoms with E-state index in [1.807, 2.05) is 30.3 Å². The number of carbonyl (C=O) groups is 1. The van der Waals surface area contributed by atoms with E-state index in [2.05, 4.69) is 15.9 Å². The fourth-order valence-electron chi connectivity index (χ4n) is 3.36. The van der Waals surface area contributed by atoms with E-state index in [0.29, 0.717) is 13.2 Å². The largest absolute Gasteiger partial charge is 0.448 e. The molecule has 1 amide bonds. The lowest BCUT2D eigenvalue weighted by molar-refractivity contribution is 0.110. The molecular weight excluding hydrogens is 304 g/mol. The second-order valence-electron chi connectivity index (χ2n) is 6.27. The number of benzene rings is 1. The van der Waals surface area contributed by atoms with Crippen molar-refractivity contribution in [2.45, 2.75) is 12.5 Å². The maximum absolute atomic E-state index is 11.4. The van der Waals surface area contributed by atoms with E-state index < -0.39 is 0 Å². The molecule has 2 heterocycles. The van der Waals surface area contributed by atoms with Crippen molar-refractivity contribution >= 4 is 6.09 Å². The first-order valence-corrected chi connectivity index (χ1v) is 8.60. The summed E-state index contributed by atoms with van der Waals surface area (Å²) in [4.78, 5) is 17.8. The molecule has 0 radical (unpaired) electrons. The maximum atomic E-state index is 11.4. The highest BCUT2D eigenvalue weighted by molar-refractivity contribution is 5.69. The molecule has 128 valence electrons. The summed E-state index contributed by atoms with van der Waals surface area (Å²) in [6, 6.07) is 12.3. The first-order valence-electron chi connectivity index (χ1n) is 8.60. The molecule has 0 bridgehead atoms. The van der Waals surface area contributed by atoms with Gasteiger partial charge in [-0.1, -0.05) is 30.3 Å². The molecule has 2 saturated heterocycles.